The lowest BCUT2D eigenvalue weighted by Crippen LogP contribution is -2.33. The summed E-state index contributed by atoms with van der Waals surface area (Å²) < 4.78 is 26.8. The Kier molecular flexibility index (Phi) is 6.18. The Bertz CT molecular complexity index is 728. The van der Waals surface area contributed by atoms with Gasteiger partial charge in [0, 0.05) is 18.2 Å². The molecular weight excluding hydrogens is 344 g/mol. The third kappa shape index (κ3) is 5.27. The van der Waals surface area contributed by atoms with E-state index in [2.05, 4.69) is 10.0 Å². The molecule has 1 aliphatic carbocycles. The Morgan fingerprint density at radius 2 is 1.84 bits per heavy atom. The van der Waals surface area contributed by atoms with E-state index in [1.165, 1.54) is 24.3 Å². The summed E-state index contributed by atoms with van der Waals surface area (Å²) in [6.45, 7) is 4.17. The van der Waals surface area contributed by atoms with Gasteiger partial charge in [0.2, 0.25) is 10.0 Å². The number of rotatable bonds is 7. The molecule has 1 saturated carbocycles. The number of carbonyl (C=O) groups excluding carboxylic acids is 1. The van der Waals surface area contributed by atoms with E-state index in [1.54, 1.807) is 0 Å². The summed E-state index contributed by atoms with van der Waals surface area (Å²) in [6.07, 6.45) is 1.61. The van der Waals surface area contributed by atoms with Crippen molar-refractivity contribution in [3.63, 3.8) is 0 Å². The van der Waals surface area contributed by atoms with Crippen LogP contribution < -0.4 is 10.0 Å². The summed E-state index contributed by atoms with van der Waals surface area (Å²) in [5.41, 5.74) is 0.349. The molecule has 1 fully saturated rings. The minimum atomic E-state index is -3.58. The first kappa shape index (κ1) is 19.4. The maximum atomic E-state index is 12.2. The van der Waals surface area contributed by atoms with E-state index in [0.717, 1.165) is 0 Å². The number of nitrogens with one attached hydrogen (secondary N) is 2. The number of carboxylic acid groups (broad SMARTS) is 1. The van der Waals surface area contributed by atoms with Crippen molar-refractivity contribution >= 4 is 21.9 Å². The predicted molar refractivity (Wildman–Crippen MR) is 92.7 cm³/mol. The summed E-state index contributed by atoms with van der Waals surface area (Å²) in [7, 11) is -3.58. The van der Waals surface area contributed by atoms with Crippen LogP contribution in [0.25, 0.3) is 0 Å². The molecule has 0 saturated heterocycles. The second-order valence-corrected chi connectivity index (χ2v) is 8.56. The van der Waals surface area contributed by atoms with Gasteiger partial charge < -0.3 is 10.4 Å². The van der Waals surface area contributed by atoms with Gasteiger partial charge in [-0.05, 0) is 49.4 Å². The molecule has 0 heterocycles. The number of amides is 1. The topological polar surface area (TPSA) is 113 Å². The highest BCUT2D eigenvalue weighted by atomic mass is 32.2. The van der Waals surface area contributed by atoms with Gasteiger partial charge in [-0.3, -0.25) is 9.59 Å². The second-order valence-electron chi connectivity index (χ2n) is 6.79. The van der Waals surface area contributed by atoms with Crippen molar-refractivity contribution in [1.29, 1.82) is 0 Å². The van der Waals surface area contributed by atoms with Crippen LogP contribution >= 0.6 is 0 Å². The zero-order chi connectivity index (χ0) is 18.6. The highest BCUT2D eigenvalue weighted by Crippen LogP contribution is 2.26. The van der Waals surface area contributed by atoms with Gasteiger partial charge in [0.05, 0.1) is 10.8 Å². The van der Waals surface area contributed by atoms with E-state index in [-0.39, 0.29) is 22.8 Å². The first-order valence-electron chi connectivity index (χ1n) is 8.32. The molecular formula is C17H24N2O5S. The molecule has 1 aliphatic rings. The molecule has 0 unspecified atom stereocenters. The zero-order valence-corrected chi connectivity index (χ0v) is 15.2. The van der Waals surface area contributed by atoms with E-state index in [0.29, 0.717) is 31.4 Å². The smallest absolute Gasteiger partial charge is 0.306 e. The number of aliphatic carboxylic acids is 1. The van der Waals surface area contributed by atoms with Crippen LogP contribution in [-0.2, 0) is 14.8 Å². The highest BCUT2D eigenvalue weighted by molar-refractivity contribution is 7.89. The van der Waals surface area contributed by atoms with E-state index >= 15 is 0 Å². The van der Waals surface area contributed by atoms with Crippen LogP contribution in [0, 0.1) is 11.8 Å². The molecule has 1 amide bonds. The molecule has 138 valence electrons. The molecule has 2 atom stereocenters. The predicted octanol–water partition coefficient (Wildman–Crippen LogP) is 1.60. The van der Waals surface area contributed by atoms with Crippen molar-refractivity contribution in [2.24, 2.45) is 11.8 Å². The van der Waals surface area contributed by atoms with Crippen molar-refractivity contribution < 1.29 is 23.1 Å². The summed E-state index contributed by atoms with van der Waals surface area (Å²) >= 11 is 0. The lowest BCUT2D eigenvalue weighted by atomic mass is 10.1. The lowest BCUT2D eigenvalue weighted by molar-refractivity contribution is -0.141. The van der Waals surface area contributed by atoms with Crippen LogP contribution in [0.15, 0.2) is 29.2 Å². The number of carboxylic acids is 1. The molecule has 2 rings (SSSR count). The minimum absolute atomic E-state index is 0.108. The van der Waals surface area contributed by atoms with Crippen molar-refractivity contribution in [2.45, 2.75) is 44.0 Å². The SMILES string of the molecule is CC(C)CNS(=O)(=O)c1ccc(C(=O)N[C@@H]2CC[C@H](C(=O)O)C2)cc1. The Balaban J connectivity index is 1.97. The molecule has 1 aromatic carbocycles. The fourth-order valence-corrected chi connectivity index (χ4v) is 3.96. The minimum Gasteiger partial charge on any atom is -0.481 e. The fraction of sp³-hybridized carbons (Fsp3) is 0.529. The molecule has 0 aromatic heterocycles. The Morgan fingerprint density at radius 1 is 1.20 bits per heavy atom. The maximum absolute atomic E-state index is 12.2. The van der Waals surface area contributed by atoms with Gasteiger partial charge in [-0.15, -0.1) is 0 Å². The van der Waals surface area contributed by atoms with Gasteiger partial charge in [-0.25, -0.2) is 13.1 Å². The van der Waals surface area contributed by atoms with Crippen LogP contribution in [0.2, 0.25) is 0 Å². The summed E-state index contributed by atoms with van der Waals surface area (Å²) in [5, 5.41) is 11.8. The van der Waals surface area contributed by atoms with Crippen molar-refractivity contribution in [3.8, 4) is 0 Å². The molecule has 0 radical (unpaired) electrons. The molecule has 0 spiro atoms. The number of benzene rings is 1. The van der Waals surface area contributed by atoms with E-state index in [9.17, 15) is 18.0 Å². The van der Waals surface area contributed by atoms with Gasteiger partial charge >= 0.3 is 5.97 Å². The Hall–Kier alpha value is -1.93. The highest BCUT2D eigenvalue weighted by Gasteiger charge is 2.30. The molecule has 3 N–H and O–H groups in total. The normalized spacial score (nSPS) is 20.6. The fourth-order valence-electron chi connectivity index (χ4n) is 2.75. The molecule has 7 nitrogen and oxygen atoms in total. The average molecular weight is 368 g/mol. The third-order valence-electron chi connectivity index (χ3n) is 4.23. The van der Waals surface area contributed by atoms with E-state index in [4.69, 9.17) is 5.11 Å². The maximum Gasteiger partial charge on any atom is 0.306 e. The zero-order valence-electron chi connectivity index (χ0n) is 14.4. The average Bonchev–Trinajstić information content (AvgIpc) is 3.02. The van der Waals surface area contributed by atoms with Crippen LogP contribution in [0.4, 0.5) is 0 Å². The van der Waals surface area contributed by atoms with Gasteiger partial charge in [-0.2, -0.15) is 0 Å². The number of carbonyl (C=O) groups is 2. The number of hydrogen-bond acceptors (Lipinski definition) is 4. The Morgan fingerprint density at radius 3 is 2.36 bits per heavy atom. The largest absolute Gasteiger partial charge is 0.481 e. The molecule has 25 heavy (non-hydrogen) atoms. The van der Waals surface area contributed by atoms with Crippen LogP contribution in [0.5, 0.6) is 0 Å². The van der Waals surface area contributed by atoms with Crippen LogP contribution in [0.1, 0.15) is 43.5 Å². The van der Waals surface area contributed by atoms with E-state index in [1.807, 2.05) is 13.8 Å². The summed E-state index contributed by atoms with van der Waals surface area (Å²) in [4.78, 5) is 23.3. The van der Waals surface area contributed by atoms with Crippen molar-refractivity contribution in [1.82, 2.24) is 10.0 Å². The first-order chi connectivity index (χ1) is 11.7. The number of hydrogen-bond donors (Lipinski definition) is 3. The van der Waals surface area contributed by atoms with Crippen molar-refractivity contribution in [3.05, 3.63) is 29.8 Å². The molecule has 0 bridgehead atoms. The van der Waals surface area contributed by atoms with Crippen molar-refractivity contribution in [2.75, 3.05) is 6.54 Å². The van der Waals surface area contributed by atoms with Gasteiger partial charge in [0.25, 0.3) is 5.91 Å². The van der Waals surface area contributed by atoms with E-state index < -0.39 is 21.9 Å². The van der Waals surface area contributed by atoms with Gasteiger partial charge in [0.1, 0.15) is 0 Å². The molecule has 0 aliphatic heterocycles. The molecule has 1 aromatic rings. The van der Waals surface area contributed by atoms with Crippen LogP contribution in [-0.4, -0.2) is 38.0 Å². The third-order valence-corrected chi connectivity index (χ3v) is 5.66. The standard InChI is InChI=1S/C17H24N2O5S/c1-11(2)10-18-25(23,24)15-7-4-12(5-8-15)16(20)19-14-6-3-13(9-14)17(21)22/h4-5,7-8,11,13-14,18H,3,6,9-10H2,1-2H3,(H,19,20)(H,21,22)/t13-,14+/m0/s1. The van der Waals surface area contributed by atoms with Gasteiger partial charge in [0.15, 0.2) is 0 Å². The van der Waals surface area contributed by atoms with Crippen LogP contribution in [0.3, 0.4) is 0 Å². The quantitative estimate of drug-likeness (QED) is 0.677. The van der Waals surface area contributed by atoms with Gasteiger partial charge in [-0.1, -0.05) is 13.8 Å². The summed E-state index contributed by atoms with van der Waals surface area (Å²) in [5.74, 6) is -1.37. The lowest BCUT2D eigenvalue weighted by Gasteiger charge is -2.13. The second kappa shape index (κ2) is 7.97. The molecule has 8 heteroatoms. The number of sulfonamides is 1. The Labute approximate surface area is 147 Å². The monoisotopic (exact) mass is 368 g/mol. The summed E-state index contributed by atoms with van der Waals surface area (Å²) in [6, 6.07) is 5.55. The first-order valence-corrected chi connectivity index (χ1v) is 9.80.